The lowest BCUT2D eigenvalue weighted by atomic mass is 10.1. The average Bonchev–Trinajstić information content (AvgIpc) is 2.41. The van der Waals surface area contributed by atoms with Crippen molar-refractivity contribution in [1.29, 1.82) is 0 Å². The van der Waals surface area contributed by atoms with Gasteiger partial charge in [0.25, 0.3) is 0 Å². The summed E-state index contributed by atoms with van der Waals surface area (Å²) >= 11 is 5.20. The summed E-state index contributed by atoms with van der Waals surface area (Å²) in [7, 11) is 0. The molecule has 0 heterocycles. The van der Waals surface area contributed by atoms with Gasteiger partial charge in [-0.1, -0.05) is 18.2 Å². The minimum Gasteiger partial charge on any atom is -0.455 e. The van der Waals surface area contributed by atoms with Gasteiger partial charge in [0.2, 0.25) is 0 Å². The number of benzene rings is 2. The predicted molar refractivity (Wildman–Crippen MR) is 85.0 cm³/mol. The van der Waals surface area contributed by atoms with Crippen molar-refractivity contribution in [2.24, 2.45) is 5.73 Å². The largest absolute Gasteiger partial charge is 0.455 e. The molecule has 2 rings (SSSR count). The van der Waals surface area contributed by atoms with Crippen LogP contribution in [0, 0.1) is 0 Å². The van der Waals surface area contributed by atoms with Crippen LogP contribution in [-0.2, 0) is 0 Å². The van der Waals surface area contributed by atoms with Gasteiger partial charge in [0.15, 0.2) is 0 Å². The molecule has 2 aromatic carbocycles. The van der Waals surface area contributed by atoms with Gasteiger partial charge in [-0.2, -0.15) is 0 Å². The Hall–Kier alpha value is -0.970. The Labute approximate surface area is 126 Å². The standard InChI is InChI=1S/C15H16BrNOS/c1-10(17)11-7-8-13(12(16)9-11)18-14-5-3-4-6-15(14)19-2/h3-10H,17H2,1-2H3/t10-/m0/s1. The number of hydrogen-bond donors (Lipinski definition) is 1. The number of nitrogens with two attached hydrogens (primary N) is 1. The molecule has 0 saturated carbocycles. The molecule has 1 atom stereocenters. The summed E-state index contributed by atoms with van der Waals surface area (Å²) in [5, 5.41) is 0. The molecule has 2 aromatic rings. The molecule has 0 aliphatic heterocycles. The SMILES string of the molecule is CSc1ccccc1Oc1ccc([C@H](C)N)cc1Br. The van der Waals surface area contributed by atoms with E-state index in [1.54, 1.807) is 11.8 Å². The van der Waals surface area contributed by atoms with E-state index in [0.29, 0.717) is 0 Å². The van der Waals surface area contributed by atoms with Crippen LogP contribution in [0.2, 0.25) is 0 Å². The summed E-state index contributed by atoms with van der Waals surface area (Å²) in [5.41, 5.74) is 6.95. The summed E-state index contributed by atoms with van der Waals surface area (Å²) in [4.78, 5) is 1.12. The van der Waals surface area contributed by atoms with Crippen molar-refractivity contribution in [3.8, 4) is 11.5 Å². The fraction of sp³-hybridized carbons (Fsp3) is 0.200. The highest BCUT2D eigenvalue weighted by Crippen LogP contribution is 2.35. The smallest absolute Gasteiger partial charge is 0.141 e. The third kappa shape index (κ3) is 3.53. The van der Waals surface area contributed by atoms with Gasteiger partial charge in [-0.25, -0.2) is 0 Å². The third-order valence-corrected chi connectivity index (χ3v) is 4.17. The second-order valence-electron chi connectivity index (χ2n) is 4.23. The molecule has 4 heteroatoms. The van der Waals surface area contributed by atoms with Gasteiger partial charge in [0.1, 0.15) is 11.5 Å². The van der Waals surface area contributed by atoms with Gasteiger partial charge in [-0.05, 0) is 58.9 Å². The van der Waals surface area contributed by atoms with Crippen LogP contribution in [0.25, 0.3) is 0 Å². The minimum absolute atomic E-state index is 0.0174. The molecule has 0 aliphatic rings. The van der Waals surface area contributed by atoms with Gasteiger partial charge < -0.3 is 10.5 Å². The van der Waals surface area contributed by atoms with Crippen LogP contribution in [0.15, 0.2) is 51.8 Å². The van der Waals surface area contributed by atoms with Crippen LogP contribution in [0.4, 0.5) is 0 Å². The maximum absolute atomic E-state index is 5.96. The molecule has 0 unspecified atom stereocenters. The molecule has 0 saturated heterocycles. The Kier molecular flexibility index (Phi) is 4.91. The molecule has 100 valence electrons. The van der Waals surface area contributed by atoms with Gasteiger partial charge in [-0.3, -0.25) is 0 Å². The van der Waals surface area contributed by atoms with E-state index in [2.05, 4.69) is 15.9 Å². The monoisotopic (exact) mass is 337 g/mol. The first-order chi connectivity index (χ1) is 9.11. The molecule has 2 N–H and O–H groups in total. The molecule has 19 heavy (non-hydrogen) atoms. The Balaban J connectivity index is 2.28. The van der Waals surface area contributed by atoms with Gasteiger partial charge in [0.05, 0.1) is 4.47 Å². The fourth-order valence-corrected chi connectivity index (χ4v) is 2.71. The summed E-state index contributed by atoms with van der Waals surface area (Å²) in [6.07, 6.45) is 2.04. The van der Waals surface area contributed by atoms with Crippen molar-refractivity contribution < 1.29 is 4.74 Å². The van der Waals surface area contributed by atoms with Gasteiger partial charge >= 0.3 is 0 Å². The van der Waals surface area contributed by atoms with E-state index < -0.39 is 0 Å². The number of rotatable bonds is 4. The molecular formula is C15H16BrNOS. The molecular weight excluding hydrogens is 322 g/mol. The third-order valence-electron chi connectivity index (χ3n) is 2.77. The second-order valence-corrected chi connectivity index (χ2v) is 5.93. The summed E-state index contributed by atoms with van der Waals surface area (Å²) in [5.74, 6) is 1.66. The highest BCUT2D eigenvalue weighted by atomic mass is 79.9. The number of thioether (sulfide) groups is 1. The van der Waals surface area contributed by atoms with Crippen LogP contribution in [0.3, 0.4) is 0 Å². The average molecular weight is 338 g/mol. The van der Waals surface area contributed by atoms with E-state index in [9.17, 15) is 0 Å². The first-order valence-electron chi connectivity index (χ1n) is 5.97. The van der Waals surface area contributed by atoms with Crippen LogP contribution in [-0.4, -0.2) is 6.26 Å². The van der Waals surface area contributed by atoms with Crippen molar-refractivity contribution in [3.05, 3.63) is 52.5 Å². The van der Waals surface area contributed by atoms with Crippen LogP contribution in [0.1, 0.15) is 18.5 Å². The number of para-hydroxylation sites is 1. The van der Waals surface area contributed by atoms with Crippen LogP contribution < -0.4 is 10.5 Å². The van der Waals surface area contributed by atoms with Crippen molar-refractivity contribution in [2.75, 3.05) is 6.26 Å². The van der Waals surface area contributed by atoms with Crippen molar-refractivity contribution >= 4 is 27.7 Å². The molecule has 0 aromatic heterocycles. The lowest BCUT2D eigenvalue weighted by Gasteiger charge is -2.13. The molecule has 0 bridgehead atoms. The van der Waals surface area contributed by atoms with E-state index in [1.807, 2.05) is 55.6 Å². The van der Waals surface area contributed by atoms with Crippen LogP contribution in [0.5, 0.6) is 11.5 Å². The highest BCUT2D eigenvalue weighted by molar-refractivity contribution is 9.10. The fourth-order valence-electron chi connectivity index (χ4n) is 1.70. The summed E-state index contributed by atoms with van der Waals surface area (Å²) in [6.45, 7) is 1.96. The normalized spacial score (nSPS) is 12.2. The number of halogens is 1. The maximum Gasteiger partial charge on any atom is 0.141 e. The maximum atomic E-state index is 5.96. The molecule has 0 spiro atoms. The molecule has 0 aliphatic carbocycles. The van der Waals surface area contributed by atoms with Crippen LogP contribution >= 0.6 is 27.7 Å². The lowest BCUT2D eigenvalue weighted by Crippen LogP contribution is -2.04. The quantitative estimate of drug-likeness (QED) is 0.798. The zero-order chi connectivity index (χ0) is 13.8. The Morgan fingerprint density at radius 3 is 2.53 bits per heavy atom. The van der Waals surface area contributed by atoms with E-state index in [0.717, 1.165) is 26.4 Å². The van der Waals surface area contributed by atoms with E-state index in [4.69, 9.17) is 10.5 Å². The van der Waals surface area contributed by atoms with Crippen molar-refractivity contribution in [2.45, 2.75) is 17.9 Å². The van der Waals surface area contributed by atoms with E-state index in [-0.39, 0.29) is 6.04 Å². The van der Waals surface area contributed by atoms with E-state index >= 15 is 0 Å². The first kappa shape index (κ1) is 14.4. The lowest BCUT2D eigenvalue weighted by molar-refractivity contribution is 0.468. The minimum atomic E-state index is 0.0174. The van der Waals surface area contributed by atoms with Gasteiger partial charge in [0, 0.05) is 10.9 Å². The highest BCUT2D eigenvalue weighted by Gasteiger charge is 2.08. The zero-order valence-electron chi connectivity index (χ0n) is 10.9. The topological polar surface area (TPSA) is 35.2 Å². The Morgan fingerprint density at radius 2 is 1.89 bits per heavy atom. The van der Waals surface area contributed by atoms with Gasteiger partial charge in [-0.15, -0.1) is 11.8 Å². The Bertz CT molecular complexity index is 572. The van der Waals surface area contributed by atoms with Crippen molar-refractivity contribution in [1.82, 2.24) is 0 Å². The molecule has 0 radical (unpaired) electrons. The molecule has 0 fully saturated rings. The number of ether oxygens (including phenoxy) is 1. The van der Waals surface area contributed by atoms with Crippen molar-refractivity contribution in [3.63, 3.8) is 0 Å². The molecule has 2 nitrogen and oxygen atoms in total. The second kappa shape index (κ2) is 6.46. The van der Waals surface area contributed by atoms with E-state index in [1.165, 1.54) is 0 Å². The zero-order valence-corrected chi connectivity index (χ0v) is 13.3. The summed E-state index contributed by atoms with van der Waals surface area (Å²) < 4.78 is 6.87. The Morgan fingerprint density at radius 1 is 1.16 bits per heavy atom. The first-order valence-corrected chi connectivity index (χ1v) is 7.99. The number of hydrogen-bond acceptors (Lipinski definition) is 3. The predicted octanol–water partition coefficient (Wildman–Crippen LogP) is 4.98. The molecule has 0 amide bonds. The summed E-state index contributed by atoms with van der Waals surface area (Å²) in [6, 6.07) is 14.0.